The monoisotopic (exact) mass is 327 g/mol. The second-order valence-electron chi connectivity index (χ2n) is 2.85. The average Bonchev–Trinajstić information content (AvgIpc) is 1.84. The molecule has 78 valence electrons. The van der Waals surface area contributed by atoms with E-state index >= 15 is 0 Å². The summed E-state index contributed by atoms with van der Waals surface area (Å²) < 4.78 is 5.72. The van der Waals surface area contributed by atoms with Crippen LogP contribution in [0.2, 0.25) is 2.52 Å². The Morgan fingerprint density at radius 3 is 2.42 bits per heavy atom. The molecule has 1 atom stereocenters. The minimum atomic E-state index is -1.82. The Morgan fingerprint density at radius 2 is 2.08 bits per heavy atom. The number of rotatable bonds is 5. The van der Waals surface area contributed by atoms with E-state index in [4.69, 9.17) is 7.33 Å². The maximum absolute atomic E-state index is 10.2. The van der Waals surface area contributed by atoms with Crippen LogP contribution in [0.5, 0.6) is 0 Å². The molecule has 0 rings (SSSR count). The van der Waals surface area contributed by atoms with Crippen LogP contribution in [0.25, 0.3) is 0 Å². The van der Waals surface area contributed by atoms with Gasteiger partial charge in [-0.25, -0.2) is 0 Å². The molecule has 0 fully saturated rings. The molecule has 5 heteroatoms. The van der Waals surface area contributed by atoms with Gasteiger partial charge in [0, 0.05) is 0 Å². The van der Waals surface area contributed by atoms with Crippen molar-refractivity contribution < 1.29 is 47.3 Å². The topological polar surface area (TPSA) is 83.5 Å². The normalized spacial score (nSPS) is 14.6. The zero-order chi connectivity index (χ0) is 9.72. The number of carboxylic acids is 1. The fraction of sp³-hybridized carbons (Fsp3) is 0.857. The molecule has 0 aromatic carbocycles. The molecule has 12 heavy (non-hydrogen) atoms. The quantitative estimate of drug-likeness (QED) is 0.636. The summed E-state index contributed by atoms with van der Waals surface area (Å²) in [7, 11) is 0. The predicted molar refractivity (Wildman–Crippen MR) is 42.1 cm³/mol. The summed E-state index contributed by atoms with van der Waals surface area (Å²) in [6.45, 7) is 4.03. The second kappa shape index (κ2) is 6.16. The van der Waals surface area contributed by atoms with Crippen molar-refractivity contribution in [3.05, 3.63) is 0 Å². The van der Waals surface area contributed by atoms with Crippen LogP contribution < -0.4 is 2.22 Å². The van der Waals surface area contributed by atoms with Crippen LogP contribution in [0.4, 0.5) is 0 Å². The molecule has 0 aliphatic carbocycles. The van der Waals surface area contributed by atoms with Crippen molar-refractivity contribution in [2.24, 2.45) is 8.14 Å². The molecule has 0 aliphatic heterocycles. The van der Waals surface area contributed by atoms with Crippen molar-refractivity contribution >= 4 is 5.97 Å². The molecule has 0 radical (unpaired) electrons. The third-order valence-corrected chi connectivity index (χ3v) is 5.52. The van der Waals surface area contributed by atoms with Gasteiger partial charge in [-0.05, 0) is 0 Å². The van der Waals surface area contributed by atoms with Gasteiger partial charge in [0.05, 0.1) is 0 Å². The van der Waals surface area contributed by atoms with Gasteiger partial charge in [0.25, 0.3) is 0 Å². The Balaban J connectivity index is 3.76. The Hall–Kier alpha value is 0.650. The third kappa shape index (κ3) is 6.20. The fourth-order valence-electron chi connectivity index (χ4n) is 0.576. The van der Waals surface area contributed by atoms with Crippen molar-refractivity contribution in [1.82, 2.24) is 0 Å². The Bertz CT molecular complexity index is 152. The number of nitrogens with two attached hydrogens (primary N) is 1. The predicted octanol–water partition coefficient (Wildman–Crippen LogP) is 0.348. The van der Waals surface area contributed by atoms with E-state index in [2.05, 4.69) is 0 Å². The summed E-state index contributed by atoms with van der Waals surface area (Å²) in [6.07, 6.45) is -0.204. The summed E-state index contributed by atoms with van der Waals surface area (Å²) in [5, 5.41) is 17.7. The van der Waals surface area contributed by atoms with Crippen molar-refractivity contribution in [1.29, 1.82) is 0 Å². The van der Waals surface area contributed by atoms with Crippen molar-refractivity contribution in [3.8, 4) is 0 Å². The SMILES string of the molecule is CC(C)[CH2][Ho]([NH2])[C@@H](O)CC(=O)O. The first-order valence-electron chi connectivity index (χ1n) is 3.57. The van der Waals surface area contributed by atoms with Gasteiger partial charge in [-0.1, -0.05) is 0 Å². The van der Waals surface area contributed by atoms with Crippen LogP contribution in [0.15, 0.2) is 0 Å². The molecule has 0 aliphatic rings. The van der Waals surface area contributed by atoms with Crippen molar-refractivity contribution in [2.45, 2.75) is 25.0 Å². The summed E-state index contributed by atoms with van der Waals surface area (Å²) in [4.78, 5) is 10.2. The molecule has 0 bridgehead atoms. The van der Waals surface area contributed by atoms with Crippen LogP contribution in [0.3, 0.4) is 0 Å². The number of aliphatic carboxylic acids is 1. The van der Waals surface area contributed by atoms with Gasteiger partial charge in [-0.3, -0.25) is 0 Å². The molecule has 0 saturated carbocycles. The molecule has 4 N–H and O–H groups in total. The zero-order valence-corrected chi connectivity index (χ0v) is 9.19. The minimum absolute atomic E-state index is 0.204. The van der Waals surface area contributed by atoms with Gasteiger partial charge >= 0.3 is 86.4 Å². The van der Waals surface area contributed by atoms with E-state index in [1.807, 2.05) is 13.8 Å². The Morgan fingerprint density at radius 1 is 1.58 bits per heavy atom. The molecule has 0 amide bonds. The van der Waals surface area contributed by atoms with Crippen molar-refractivity contribution in [2.75, 3.05) is 0 Å². The first kappa shape index (κ1) is 12.6. The zero-order valence-electron chi connectivity index (χ0n) is 7.25. The van der Waals surface area contributed by atoms with Gasteiger partial charge in [0.15, 0.2) is 0 Å². The number of hydrogen-bond donors (Lipinski definition) is 3. The Kier molecular flexibility index (Phi) is 6.49. The first-order chi connectivity index (χ1) is 5.43. The molecule has 0 spiro atoms. The van der Waals surface area contributed by atoms with E-state index in [1.54, 1.807) is 0 Å². The first-order valence-corrected chi connectivity index (χ1v) is 7.17. The summed E-state index contributed by atoms with van der Waals surface area (Å²) >= 11 is -1.82. The van der Waals surface area contributed by atoms with Crippen LogP contribution in [0, 0.1) is 38.2 Å². The van der Waals surface area contributed by atoms with Crippen LogP contribution in [-0.4, -0.2) is 18.4 Å². The van der Waals surface area contributed by atoms with Gasteiger partial charge < -0.3 is 0 Å². The molecule has 0 unspecified atom stereocenters. The number of hydrogen-bond acceptors (Lipinski definition) is 3. The Labute approximate surface area is 85.7 Å². The molecular formula is C7H16HoNO3. The summed E-state index contributed by atoms with van der Waals surface area (Å²) in [5.41, 5.74) is 0. The number of aliphatic hydroxyl groups excluding tert-OH is 1. The van der Waals surface area contributed by atoms with E-state index < -0.39 is 40.4 Å². The van der Waals surface area contributed by atoms with Crippen molar-refractivity contribution in [3.63, 3.8) is 0 Å². The number of carbonyl (C=O) groups is 1. The molecule has 0 saturated heterocycles. The van der Waals surface area contributed by atoms with Crippen LogP contribution in [-0.2, 0) is 4.79 Å². The number of carboxylic acid groups (broad SMARTS) is 1. The van der Waals surface area contributed by atoms with Gasteiger partial charge in [0.2, 0.25) is 0 Å². The van der Waals surface area contributed by atoms with E-state index in [-0.39, 0.29) is 6.42 Å². The molecule has 0 aromatic heterocycles. The standard InChI is InChI=1S/C4H9.C3H5O3.Ho.H2N/c1-4(2)3;4-2-1-3(5)6;;/h4H,1H2,2-3H3;2,4H,1H2,(H,5,6);;1H2/q;;+1;-1. The number of aliphatic hydroxyl groups is 1. The fourth-order valence-corrected chi connectivity index (χ4v) is 3.77. The summed E-state index contributed by atoms with van der Waals surface area (Å²) in [5.74, 6) is -0.531. The van der Waals surface area contributed by atoms with E-state index in [0.29, 0.717) is 5.92 Å². The molecule has 0 aromatic rings. The second-order valence-corrected chi connectivity index (χ2v) is 7.15. The molecule has 4 nitrogen and oxygen atoms in total. The van der Waals surface area contributed by atoms with E-state index in [0.717, 1.165) is 2.52 Å². The molecule has 0 heterocycles. The average molecular weight is 327 g/mol. The van der Waals surface area contributed by atoms with E-state index in [1.165, 1.54) is 0 Å². The van der Waals surface area contributed by atoms with Gasteiger partial charge in [-0.2, -0.15) is 0 Å². The van der Waals surface area contributed by atoms with Crippen LogP contribution in [0.1, 0.15) is 20.3 Å². The summed E-state index contributed by atoms with van der Waals surface area (Å²) in [6, 6.07) is 0. The molecular weight excluding hydrogens is 311 g/mol. The third-order valence-electron chi connectivity index (χ3n) is 0.974. The van der Waals surface area contributed by atoms with Gasteiger partial charge in [-0.15, -0.1) is 0 Å². The van der Waals surface area contributed by atoms with E-state index in [9.17, 15) is 9.90 Å². The van der Waals surface area contributed by atoms with Gasteiger partial charge in [0.1, 0.15) is 0 Å². The maximum atomic E-state index is 10.2. The van der Waals surface area contributed by atoms with Crippen LogP contribution >= 0.6 is 0 Å².